The van der Waals surface area contributed by atoms with Crippen LogP contribution in [0.3, 0.4) is 0 Å². The molecule has 0 aliphatic carbocycles. The standard InChI is InChI=1S/C23H21N3O5/c1-31-18-8-7-16(14-27)20-19(18)17(13-24-20)21(28)23(30)26-11-9-25(10-12-26)22(29)15-5-3-2-4-6-15/h2-8,13-14,24H,9-12H2,1H3. The van der Waals surface area contributed by atoms with Gasteiger partial charge in [0.2, 0.25) is 0 Å². The summed E-state index contributed by atoms with van der Waals surface area (Å²) in [5.74, 6) is -1.03. The highest BCUT2D eigenvalue weighted by atomic mass is 16.5. The molecule has 2 amide bonds. The van der Waals surface area contributed by atoms with Crippen molar-refractivity contribution >= 4 is 34.8 Å². The number of ketones is 1. The molecule has 1 saturated heterocycles. The van der Waals surface area contributed by atoms with Gasteiger partial charge >= 0.3 is 0 Å². The van der Waals surface area contributed by atoms with Crippen molar-refractivity contribution < 1.29 is 23.9 Å². The first-order valence-electron chi connectivity index (χ1n) is 9.86. The summed E-state index contributed by atoms with van der Waals surface area (Å²) in [5, 5.41) is 0.406. The number of piperazine rings is 1. The minimum absolute atomic E-state index is 0.0956. The number of ether oxygens (including phenoxy) is 1. The Morgan fingerprint density at radius 2 is 1.65 bits per heavy atom. The number of Topliss-reactive ketones (excluding diaryl/α,β-unsaturated/α-hetero) is 1. The molecule has 3 aromatic rings. The molecular weight excluding hydrogens is 398 g/mol. The summed E-state index contributed by atoms with van der Waals surface area (Å²) in [7, 11) is 1.46. The topological polar surface area (TPSA) is 99.8 Å². The highest BCUT2D eigenvalue weighted by molar-refractivity contribution is 6.45. The second-order valence-corrected chi connectivity index (χ2v) is 7.21. The van der Waals surface area contributed by atoms with Crippen molar-refractivity contribution in [2.75, 3.05) is 33.3 Å². The zero-order valence-corrected chi connectivity index (χ0v) is 17.0. The van der Waals surface area contributed by atoms with Crippen LogP contribution < -0.4 is 4.74 Å². The van der Waals surface area contributed by atoms with Crippen LogP contribution in [0.25, 0.3) is 10.9 Å². The summed E-state index contributed by atoms with van der Waals surface area (Å²) in [6, 6.07) is 12.1. The minimum Gasteiger partial charge on any atom is -0.496 e. The molecule has 0 saturated carbocycles. The summed E-state index contributed by atoms with van der Waals surface area (Å²) >= 11 is 0. The largest absolute Gasteiger partial charge is 0.496 e. The van der Waals surface area contributed by atoms with E-state index < -0.39 is 11.7 Å². The van der Waals surface area contributed by atoms with Gasteiger partial charge in [-0.1, -0.05) is 18.2 Å². The maximum atomic E-state index is 13.0. The third-order valence-corrected chi connectivity index (χ3v) is 5.49. The van der Waals surface area contributed by atoms with E-state index in [-0.39, 0.29) is 24.6 Å². The van der Waals surface area contributed by atoms with E-state index in [2.05, 4.69) is 4.98 Å². The van der Waals surface area contributed by atoms with E-state index >= 15 is 0 Å². The first kappa shape index (κ1) is 20.3. The van der Waals surface area contributed by atoms with Crippen LogP contribution in [0.2, 0.25) is 0 Å². The van der Waals surface area contributed by atoms with E-state index in [9.17, 15) is 19.2 Å². The van der Waals surface area contributed by atoms with Gasteiger partial charge in [0, 0.05) is 43.5 Å². The van der Waals surface area contributed by atoms with Crippen molar-refractivity contribution in [1.82, 2.24) is 14.8 Å². The first-order valence-corrected chi connectivity index (χ1v) is 9.86. The van der Waals surface area contributed by atoms with Crippen LogP contribution in [0.1, 0.15) is 31.1 Å². The quantitative estimate of drug-likeness (QED) is 0.388. The number of carbonyl (C=O) groups is 4. The Bertz CT molecular complexity index is 1160. The van der Waals surface area contributed by atoms with Crippen molar-refractivity contribution in [1.29, 1.82) is 0 Å². The number of fused-ring (bicyclic) bond motifs is 1. The number of hydrogen-bond acceptors (Lipinski definition) is 5. The number of aldehydes is 1. The fourth-order valence-corrected chi connectivity index (χ4v) is 3.82. The molecular formula is C23H21N3O5. The van der Waals surface area contributed by atoms with Crippen LogP contribution in [0.15, 0.2) is 48.7 Å². The van der Waals surface area contributed by atoms with Gasteiger partial charge in [-0.3, -0.25) is 19.2 Å². The van der Waals surface area contributed by atoms with Crippen molar-refractivity contribution in [2.45, 2.75) is 0 Å². The third-order valence-electron chi connectivity index (χ3n) is 5.49. The monoisotopic (exact) mass is 419 g/mol. The average Bonchev–Trinajstić information content (AvgIpc) is 3.28. The Balaban J connectivity index is 1.50. The Morgan fingerprint density at radius 3 is 2.29 bits per heavy atom. The van der Waals surface area contributed by atoms with Gasteiger partial charge in [0.05, 0.1) is 23.6 Å². The van der Waals surface area contributed by atoms with E-state index in [0.29, 0.717) is 47.2 Å². The van der Waals surface area contributed by atoms with Gasteiger partial charge in [-0.15, -0.1) is 0 Å². The molecule has 1 N–H and O–H groups in total. The molecule has 31 heavy (non-hydrogen) atoms. The van der Waals surface area contributed by atoms with Crippen LogP contribution in [-0.2, 0) is 4.79 Å². The smallest absolute Gasteiger partial charge is 0.295 e. The van der Waals surface area contributed by atoms with Crippen LogP contribution in [0, 0.1) is 0 Å². The molecule has 8 heteroatoms. The van der Waals surface area contributed by atoms with Crippen LogP contribution in [-0.4, -0.2) is 72.0 Å². The molecule has 0 spiro atoms. The summed E-state index contributed by atoms with van der Waals surface area (Å²) < 4.78 is 5.33. The number of methoxy groups -OCH3 is 1. The molecule has 4 rings (SSSR count). The molecule has 0 unspecified atom stereocenters. The number of aromatic amines is 1. The normalized spacial score (nSPS) is 13.8. The molecule has 0 bridgehead atoms. The number of nitrogens with zero attached hydrogens (tertiary/aromatic N) is 2. The number of amides is 2. The maximum Gasteiger partial charge on any atom is 0.295 e. The van der Waals surface area contributed by atoms with Gasteiger partial charge in [0.25, 0.3) is 17.6 Å². The lowest BCUT2D eigenvalue weighted by Gasteiger charge is -2.34. The van der Waals surface area contributed by atoms with Gasteiger partial charge in [0.15, 0.2) is 6.29 Å². The molecule has 1 fully saturated rings. The van der Waals surface area contributed by atoms with E-state index in [1.54, 1.807) is 41.3 Å². The lowest BCUT2D eigenvalue weighted by Crippen LogP contribution is -2.52. The lowest BCUT2D eigenvalue weighted by molar-refractivity contribution is -0.127. The van der Waals surface area contributed by atoms with Crippen molar-refractivity contribution in [3.8, 4) is 5.75 Å². The minimum atomic E-state index is -0.685. The third kappa shape index (κ3) is 3.68. The lowest BCUT2D eigenvalue weighted by atomic mass is 10.0. The highest BCUT2D eigenvalue weighted by Gasteiger charge is 2.31. The molecule has 158 valence electrons. The van der Waals surface area contributed by atoms with Crippen LogP contribution in [0.5, 0.6) is 5.75 Å². The van der Waals surface area contributed by atoms with E-state index in [0.717, 1.165) is 0 Å². The molecule has 1 aliphatic heterocycles. The second kappa shape index (κ2) is 8.43. The summed E-state index contributed by atoms with van der Waals surface area (Å²) in [6.45, 7) is 1.23. The van der Waals surface area contributed by atoms with E-state index in [1.807, 2.05) is 6.07 Å². The summed E-state index contributed by atoms with van der Waals surface area (Å²) in [4.78, 5) is 55.8. The number of nitrogens with one attached hydrogen (secondary N) is 1. The van der Waals surface area contributed by atoms with Gasteiger partial charge in [0.1, 0.15) is 5.75 Å². The zero-order valence-electron chi connectivity index (χ0n) is 17.0. The van der Waals surface area contributed by atoms with E-state index in [1.165, 1.54) is 18.2 Å². The van der Waals surface area contributed by atoms with Gasteiger partial charge < -0.3 is 19.5 Å². The Labute approximate surface area is 178 Å². The number of H-pyrrole nitrogens is 1. The molecule has 8 nitrogen and oxygen atoms in total. The number of aromatic nitrogens is 1. The Kier molecular flexibility index (Phi) is 5.53. The molecule has 2 heterocycles. The molecule has 0 radical (unpaired) electrons. The number of benzene rings is 2. The summed E-state index contributed by atoms with van der Waals surface area (Å²) in [6.07, 6.45) is 2.10. The van der Waals surface area contributed by atoms with Gasteiger partial charge in [-0.25, -0.2) is 0 Å². The molecule has 0 atom stereocenters. The zero-order chi connectivity index (χ0) is 22.0. The first-order chi connectivity index (χ1) is 15.0. The van der Waals surface area contributed by atoms with E-state index in [4.69, 9.17) is 4.74 Å². The predicted octanol–water partition coefficient (Wildman–Crippen LogP) is 2.16. The van der Waals surface area contributed by atoms with Crippen LogP contribution >= 0.6 is 0 Å². The fraction of sp³-hybridized carbons (Fsp3) is 0.217. The van der Waals surface area contributed by atoms with Crippen molar-refractivity contribution in [3.05, 3.63) is 65.4 Å². The van der Waals surface area contributed by atoms with Gasteiger partial charge in [-0.2, -0.15) is 0 Å². The summed E-state index contributed by atoms with van der Waals surface area (Å²) in [5.41, 5.74) is 1.57. The average molecular weight is 419 g/mol. The molecule has 1 aromatic heterocycles. The molecule has 2 aromatic carbocycles. The Hall–Kier alpha value is -3.94. The number of carbonyl (C=O) groups excluding carboxylic acids is 4. The SMILES string of the molecule is COc1ccc(C=O)c2[nH]cc(C(=O)C(=O)N3CCN(C(=O)c4ccccc4)CC3)c12. The highest BCUT2D eigenvalue weighted by Crippen LogP contribution is 2.31. The van der Waals surface area contributed by atoms with Crippen molar-refractivity contribution in [3.63, 3.8) is 0 Å². The predicted molar refractivity (Wildman–Crippen MR) is 113 cm³/mol. The fourth-order valence-electron chi connectivity index (χ4n) is 3.82. The maximum absolute atomic E-state index is 13.0. The Morgan fingerprint density at radius 1 is 0.968 bits per heavy atom. The van der Waals surface area contributed by atoms with Gasteiger partial charge in [-0.05, 0) is 24.3 Å². The number of rotatable bonds is 5. The van der Waals surface area contributed by atoms with Crippen molar-refractivity contribution in [2.24, 2.45) is 0 Å². The van der Waals surface area contributed by atoms with Crippen LogP contribution in [0.4, 0.5) is 0 Å². The second-order valence-electron chi connectivity index (χ2n) is 7.21. The number of hydrogen-bond donors (Lipinski definition) is 1. The molecule has 1 aliphatic rings.